The van der Waals surface area contributed by atoms with Gasteiger partial charge in [-0.25, -0.2) is 9.78 Å². The number of carboxylic acids is 1. The monoisotopic (exact) mass is 469 g/mol. The Kier molecular flexibility index (Phi) is 6.78. The van der Waals surface area contributed by atoms with Gasteiger partial charge in [-0.2, -0.15) is 0 Å². The van der Waals surface area contributed by atoms with Crippen molar-refractivity contribution in [2.24, 2.45) is 16.6 Å². The maximum absolute atomic E-state index is 11.8. The number of H-pyrrole nitrogens is 1. The van der Waals surface area contributed by atoms with Crippen LogP contribution in [0.1, 0.15) is 66.0 Å². The third-order valence-electron chi connectivity index (χ3n) is 7.23. The molecule has 0 amide bonds. The number of aromatic carboxylic acids is 1. The standard InChI is InChI=1S/C11H19NO2.C10H8N2O3S.ClH/c1-14-9(13)11-5-2-10(8-12,3-6-11)4-7-11;13-8-6-4-2-1-3-5(4)16-9(6)12-7(11-8)10(14)15;/h2-8,12H2,1H3;1-3H2,(H,14,15)(H,11,12,13);1H. The molecule has 10 heteroatoms. The molecule has 4 aliphatic rings. The lowest BCUT2D eigenvalue weighted by Crippen LogP contribution is -2.49. The van der Waals surface area contributed by atoms with Crippen LogP contribution in [0.2, 0.25) is 0 Å². The molecule has 2 aromatic rings. The predicted octanol–water partition coefficient (Wildman–Crippen LogP) is 3.05. The molecule has 2 bridgehead atoms. The van der Waals surface area contributed by atoms with Crippen LogP contribution in [0.3, 0.4) is 0 Å². The number of halogens is 1. The zero-order chi connectivity index (χ0) is 21.5. The molecule has 8 nitrogen and oxygen atoms in total. The Hall–Kier alpha value is -1.97. The van der Waals surface area contributed by atoms with Crippen molar-refractivity contribution < 1.29 is 19.4 Å². The minimum atomic E-state index is -1.20. The van der Waals surface area contributed by atoms with E-state index in [1.165, 1.54) is 23.3 Å². The highest BCUT2D eigenvalue weighted by atomic mass is 35.5. The van der Waals surface area contributed by atoms with Gasteiger partial charge in [-0.1, -0.05) is 0 Å². The summed E-state index contributed by atoms with van der Waals surface area (Å²) in [4.78, 5) is 42.2. The van der Waals surface area contributed by atoms with Crippen molar-refractivity contribution in [1.29, 1.82) is 0 Å². The zero-order valence-corrected chi connectivity index (χ0v) is 19.1. The van der Waals surface area contributed by atoms with Crippen molar-refractivity contribution in [2.45, 2.75) is 57.8 Å². The maximum Gasteiger partial charge on any atom is 0.372 e. The molecule has 3 saturated carbocycles. The van der Waals surface area contributed by atoms with Gasteiger partial charge in [0, 0.05) is 4.88 Å². The SMILES string of the molecule is COC(=O)C12CCC(CN)(CC1)CC2.Cl.O=C(O)c1nc2sc3c(c2c(=O)[nH]1)CCC3. The number of thiophene rings is 1. The Morgan fingerprint density at radius 3 is 2.39 bits per heavy atom. The zero-order valence-electron chi connectivity index (χ0n) is 17.5. The smallest absolute Gasteiger partial charge is 0.372 e. The summed E-state index contributed by atoms with van der Waals surface area (Å²) in [6.45, 7) is 0.782. The lowest BCUT2D eigenvalue weighted by molar-refractivity contribution is -0.162. The van der Waals surface area contributed by atoms with E-state index in [9.17, 15) is 14.4 Å². The summed E-state index contributed by atoms with van der Waals surface area (Å²) >= 11 is 1.44. The van der Waals surface area contributed by atoms with Crippen LogP contribution in [-0.4, -0.2) is 40.7 Å². The van der Waals surface area contributed by atoms with Gasteiger partial charge in [0.25, 0.3) is 5.56 Å². The third-order valence-corrected chi connectivity index (χ3v) is 8.42. The van der Waals surface area contributed by atoms with Gasteiger partial charge < -0.3 is 20.6 Å². The number of aromatic amines is 1. The van der Waals surface area contributed by atoms with E-state index in [4.69, 9.17) is 15.6 Å². The van der Waals surface area contributed by atoms with E-state index in [-0.39, 0.29) is 35.2 Å². The number of hydrogen-bond donors (Lipinski definition) is 3. The van der Waals surface area contributed by atoms with Crippen molar-refractivity contribution in [1.82, 2.24) is 9.97 Å². The molecule has 4 N–H and O–H groups in total. The van der Waals surface area contributed by atoms with E-state index in [1.54, 1.807) is 0 Å². The van der Waals surface area contributed by atoms with Crippen molar-refractivity contribution in [3.63, 3.8) is 0 Å². The van der Waals surface area contributed by atoms with Crippen molar-refractivity contribution >= 4 is 45.9 Å². The number of nitrogens with zero attached hydrogens (tertiary/aromatic N) is 1. The molecule has 0 aromatic carbocycles. The Morgan fingerprint density at radius 2 is 1.84 bits per heavy atom. The second-order valence-corrected chi connectivity index (χ2v) is 9.82. The van der Waals surface area contributed by atoms with Crippen molar-refractivity contribution in [2.75, 3.05) is 13.7 Å². The first-order valence-electron chi connectivity index (χ1n) is 10.4. The molecule has 0 aliphatic heterocycles. The van der Waals surface area contributed by atoms with Gasteiger partial charge in [0.2, 0.25) is 5.82 Å². The predicted molar refractivity (Wildman–Crippen MR) is 120 cm³/mol. The summed E-state index contributed by atoms with van der Waals surface area (Å²) in [5.41, 5.74) is 6.75. The fourth-order valence-corrected chi connectivity index (χ4v) is 6.46. The van der Waals surface area contributed by atoms with Crippen LogP contribution in [0.4, 0.5) is 0 Å². The lowest BCUT2D eigenvalue weighted by Gasteiger charge is -2.51. The number of hydrogen-bond acceptors (Lipinski definition) is 7. The molecule has 2 aromatic heterocycles. The van der Waals surface area contributed by atoms with Gasteiger partial charge in [0.1, 0.15) is 4.83 Å². The number of methoxy groups -OCH3 is 1. The van der Waals surface area contributed by atoms with Gasteiger partial charge in [0.05, 0.1) is 17.9 Å². The van der Waals surface area contributed by atoms with Crippen LogP contribution in [-0.2, 0) is 22.4 Å². The summed E-state index contributed by atoms with van der Waals surface area (Å²) in [5.74, 6) is -1.48. The molecule has 0 atom stereocenters. The number of nitrogens with two attached hydrogens (primary N) is 1. The van der Waals surface area contributed by atoms with E-state index in [0.717, 1.165) is 69.9 Å². The van der Waals surface area contributed by atoms with Gasteiger partial charge in [-0.05, 0) is 75.3 Å². The molecular weight excluding hydrogens is 442 g/mol. The molecule has 31 heavy (non-hydrogen) atoms. The minimum absolute atomic E-state index is 0. The summed E-state index contributed by atoms with van der Waals surface area (Å²) in [6, 6.07) is 0. The fraction of sp³-hybridized carbons (Fsp3) is 0.619. The highest BCUT2D eigenvalue weighted by molar-refractivity contribution is 7.18. The fourth-order valence-electron chi connectivity index (χ4n) is 5.20. The number of carbonyl (C=O) groups excluding carboxylic acids is 1. The number of nitrogens with one attached hydrogen (secondary N) is 1. The summed E-state index contributed by atoms with van der Waals surface area (Å²) < 4.78 is 4.90. The first-order chi connectivity index (χ1) is 14.3. The molecule has 2 heterocycles. The molecule has 3 fully saturated rings. The van der Waals surface area contributed by atoms with Crippen molar-refractivity contribution in [3.8, 4) is 0 Å². The Labute approximate surface area is 190 Å². The highest BCUT2D eigenvalue weighted by Gasteiger charge is 2.52. The first-order valence-corrected chi connectivity index (χ1v) is 11.2. The number of carbonyl (C=O) groups is 2. The first kappa shape index (κ1) is 23.7. The summed E-state index contributed by atoms with van der Waals surface area (Å²) in [5, 5.41) is 9.37. The van der Waals surface area contributed by atoms with Crippen LogP contribution in [0, 0.1) is 10.8 Å². The second kappa shape index (κ2) is 8.88. The quantitative estimate of drug-likeness (QED) is 0.587. The maximum atomic E-state index is 11.8. The summed E-state index contributed by atoms with van der Waals surface area (Å²) in [6.07, 6.45) is 9.21. The van der Waals surface area contributed by atoms with Gasteiger partial charge >= 0.3 is 11.9 Å². The molecule has 0 saturated heterocycles. The van der Waals surface area contributed by atoms with Crippen LogP contribution < -0.4 is 11.3 Å². The highest BCUT2D eigenvalue weighted by Crippen LogP contribution is 2.56. The number of carboxylic acid groups (broad SMARTS) is 1. The topological polar surface area (TPSA) is 135 Å². The van der Waals surface area contributed by atoms with E-state index in [1.807, 2.05) is 0 Å². The number of aromatic nitrogens is 2. The van der Waals surface area contributed by atoms with Crippen LogP contribution in [0.15, 0.2) is 4.79 Å². The van der Waals surface area contributed by atoms with E-state index >= 15 is 0 Å². The molecule has 6 rings (SSSR count). The minimum Gasteiger partial charge on any atom is -0.475 e. The average molecular weight is 470 g/mol. The number of esters is 1. The second-order valence-electron chi connectivity index (χ2n) is 8.73. The molecule has 170 valence electrons. The van der Waals surface area contributed by atoms with Crippen LogP contribution in [0.5, 0.6) is 0 Å². The third kappa shape index (κ3) is 4.10. The van der Waals surface area contributed by atoms with E-state index < -0.39 is 5.97 Å². The van der Waals surface area contributed by atoms with Crippen LogP contribution >= 0.6 is 23.7 Å². The molecule has 4 aliphatic carbocycles. The molecule has 0 unspecified atom stereocenters. The largest absolute Gasteiger partial charge is 0.475 e. The Morgan fingerprint density at radius 1 is 1.19 bits per heavy atom. The van der Waals surface area contributed by atoms with E-state index in [0.29, 0.717) is 15.6 Å². The number of ether oxygens (including phenoxy) is 1. The number of aryl methyl sites for hydroxylation is 2. The lowest BCUT2D eigenvalue weighted by atomic mass is 9.54. The number of fused-ring (bicyclic) bond motifs is 6. The van der Waals surface area contributed by atoms with Crippen LogP contribution in [0.25, 0.3) is 10.2 Å². The number of rotatable bonds is 3. The summed E-state index contributed by atoms with van der Waals surface area (Å²) in [7, 11) is 1.50. The molecular formula is C21H28ClN3O5S. The molecule has 0 spiro atoms. The molecule has 0 radical (unpaired) electrons. The normalized spacial score (nSPS) is 25.9. The van der Waals surface area contributed by atoms with Gasteiger partial charge in [0.15, 0.2) is 0 Å². The van der Waals surface area contributed by atoms with Gasteiger partial charge in [-0.15, -0.1) is 23.7 Å². The van der Waals surface area contributed by atoms with Crippen molar-refractivity contribution in [3.05, 3.63) is 26.6 Å². The Bertz CT molecular complexity index is 1040. The Balaban J connectivity index is 0.000000172. The van der Waals surface area contributed by atoms with E-state index in [2.05, 4.69) is 9.97 Å². The average Bonchev–Trinajstić information content (AvgIpc) is 3.35. The van der Waals surface area contributed by atoms with Gasteiger partial charge in [-0.3, -0.25) is 9.59 Å².